The average Bonchev–Trinajstić information content (AvgIpc) is 2.74. The highest BCUT2D eigenvalue weighted by atomic mass is 16.5. The normalized spacial score (nSPS) is 10.3. The van der Waals surface area contributed by atoms with Gasteiger partial charge in [-0.05, 0) is 50.1 Å². The Morgan fingerprint density at radius 3 is 2.28 bits per heavy atom. The van der Waals surface area contributed by atoms with Crippen molar-refractivity contribution < 1.29 is 14.3 Å². The number of amides is 3. The standard InChI is InChI=1S/C23H31N3O3/c1-5-26(6-2)22(27)20-13-11-19(12-14-20)17-24-23(28)25(4)15-16-29-21-10-8-7-9-18(21)3/h7-14H,5-6,15-17H2,1-4H3,(H,24,28). The Morgan fingerprint density at radius 2 is 1.66 bits per heavy atom. The van der Waals surface area contributed by atoms with Crippen LogP contribution in [0.25, 0.3) is 0 Å². The van der Waals surface area contributed by atoms with Crippen molar-refractivity contribution in [2.75, 3.05) is 33.3 Å². The zero-order chi connectivity index (χ0) is 21.2. The van der Waals surface area contributed by atoms with Crippen molar-refractivity contribution in [1.29, 1.82) is 0 Å². The van der Waals surface area contributed by atoms with Crippen molar-refractivity contribution in [1.82, 2.24) is 15.1 Å². The molecular formula is C23H31N3O3. The van der Waals surface area contributed by atoms with Crippen LogP contribution < -0.4 is 10.1 Å². The Labute approximate surface area is 173 Å². The van der Waals surface area contributed by atoms with Crippen molar-refractivity contribution in [3.05, 3.63) is 65.2 Å². The molecule has 0 saturated carbocycles. The SMILES string of the molecule is CCN(CC)C(=O)c1ccc(CNC(=O)N(C)CCOc2ccccc2C)cc1. The molecule has 0 aromatic heterocycles. The molecule has 0 aliphatic carbocycles. The molecule has 2 aromatic rings. The van der Waals surface area contributed by atoms with E-state index < -0.39 is 0 Å². The summed E-state index contributed by atoms with van der Waals surface area (Å²) in [7, 11) is 1.74. The molecule has 6 nitrogen and oxygen atoms in total. The fraction of sp³-hybridized carbons (Fsp3) is 0.391. The van der Waals surface area contributed by atoms with E-state index in [0.29, 0.717) is 38.3 Å². The molecule has 0 aliphatic heterocycles. The van der Waals surface area contributed by atoms with Gasteiger partial charge in [-0.25, -0.2) is 4.79 Å². The van der Waals surface area contributed by atoms with E-state index in [1.165, 1.54) is 0 Å². The summed E-state index contributed by atoms with van der Waals surface area (Å²) in [6.07, 6.45) is 0. The molecule has 2 aromatic carbocycles. The number of hydrogen-bond acceptors (Lipinski definition) is 3. The molecule has 1 N–H and O–H groups in total. The molecule has 6 heteroatoms. The first-order chi connectivity index (χ1) is 14.0. The van der Waals surface area contributed by atoms with Gasteiger partial charge in [-0.15, -0.1) is 0 Å². The number of rotatable bonds is 9. The number of likely N-dealkylation sites (N-methyl/N-ethyl adjacent to an activating group) is 1. The lowest BCUT2D eigenvalue weighted by atomic mass is 10.1. The molecule has 0 heterocycles. The summed E-state index contributed by atoms with van der Waals surface area (Å²) in [5, 5.41) is 2.89. The fourth-order valence-corrected chi connectivity index (χ4v) is 2.88. The highest BCUT2D eigenvalue weighted by Crippen LogP contribution is 2.15. The van der Waals surface area contributed by atoms with Crippen LogP contribution in [-0.4, -0.2) is 55.0 Å². The van der Waals surface area contributed by atoms with Gasteiger partial charge >= 0.3 is 6.03 Å². The molecule has 0 fully saturated rings. The van der Waals surface area contributed by atoms with E-state index in [-0.39, 0.29) is 11.9 Å². The summed E-state index contributed by atoms with van der Waals surface area (Å²) in [6, 6.07) is 15.0. The van der Waals surface area contributed by atoms with E-state index in [1.54, 1.807) is 16.8 Å². The summed E-state index contributed by atoms with van der Waals surface area (Å²) in [4.78, 5) is 28.0. The maximum Gasteiger partial charge on any atom is 0.317 e. The fourth-order valence-electron chi connectivity index (χ4n) is 2.88. The first-order valence-corrected chi connectivity index (χ1v) is 10.0. The lowest BCUT2D eigenvalue weighted by Crippen LogP contribution is -2.39. The number of nitrogens with zero attached hydrogens (tertiary/aromatic N) is 2. The number of carbonyl (C=O) groups excluding carboxylic acids is 2. The van der Waals surface area contributed by atoms with E-state index in [4.69, 9.17) is 4.74 Å². The molecular weight excluding hydrogens is 366 g/mol. The van der Waals surface area contributed by atoms with E-state index >= 15 is 0 Å². The van der Waals surface area contributed by atoms with Gasteiger partial charge in [0.1, 0.15) is 12.4 Å². The summed E-state index contributed by atoms with van der Waals surface area (Å²) in [5.41, 5.74) is 2.68. The average molecular weight is 398 g/mol. The number of carbonyl (C=O) groups is 2. The van der Waals surface area contributed by atoms with Crippen LogP contribution in [0.2, 0.25) is 0 Å². The number of benzene rings is 2. The van der Waals surface area contributed by atoms with Gasteiger partial charge in [0, 0.05) is 32.2 Å². The maximum atomic E-state index is 12.3. The van der Waals surface area contributed by atoms with Crippen molar-refractivity contribution in [3.63, 3.8) is 0 Å². The third kappa shape index (κ3) is 6.52. The van der Waals surface area contributed by atoms with Crippen LogP contribution in [0, 0.1) is 6.92 Å². The minimum atomic E-state index is -0.165. The van der Waals surface area contributed by atoms with E-state index in [9.17, 15) is 9.59 Å². The summed E-state index contributed by atoms with van der Waals surface area (Å²) >= 11 is 0. The summed E-state index contributed by atoms with van der Waals surface area (Å²) in [5.74, 6) is 0.861. The van der Waals surface area contributed by atoms with Crippen molar-refractivity contribution in [2.45, 2.75) is 27.3 Å². The summed E-state index contributed by atoms with van der Waals surface area (Å²) in [6.45, 7) is 8.62. The van der Waals surface area contributed by atoms with Crippen molar-refractivity contribution in [2.24, 2.45) is 0 Å². The van der Waals surface area contributed by atoms with Crippen molar-refractivity contribution in [3.8, 4) is 5.75 Å². The molecule has 0 atom stereocenters. The number of urea groups is 1. The molecule has 0 spiro atoms. The van der Waals surface area contributed by atoms with E-state index in [1.807, 2.05) is 69.3 Å². The third-order valence-electron chi connectivity index (χ3n) is 4.82. The number of aryl methyl sites for hydroxylation is 1. The van der Waals surface area contributed by atoms with Crippen LogP contribution in [0.5, 0.6) is 5.75 Å². The molecule has 0 saturated heterocycles. The number of nitrogens with one attached hydrogen (secondary N) is 1. The Balaban J connectivity index is 1.77. The molecule has 0 radical (unpaired) electrons. The van der Waals surface area contributed by atoms with Crippen LogP contribution in [0.4, 0.5) is 4.79 Å². The summed E-state index contributed by atoms with van der Waals surface area (Å²) < 4.78 is 5.74. The lowest BCUT2D eigenvalue weighted by Gasteiger charge is -2.19. The quantitative estimate of drug-likeness (QED) is 0.702. The third-order valence-corrected chi connectivity index (χ3v) is 4.82. The van der Waals surface area contributed by atoms with Crippen LogP contribution in [0.15, 0.2) is 48.5 Å². The van der Waals surface area contributed by atoms with Gasteiger partial charge in [-0.1, -0.05) is 30.3 Å². The zero-order valence-electron chi connectivity index (χ0n) is 17.8. The smallest absolute Gasteiger partial charge is 0.317 e. The monoisotopic (exact) mass is 397 g/mol. The highest BCUT2D eigenvalue weighted by molar-refractivity contribution is 5.94. The van der Waals surface area contributed by atoms with Crippen LogP contribution >= 0.6 is 0 Å². The van der Waals surface area contributed by atoms with Crippen LogP contribution in [-0.2, 0) is 6.54 Å². The largest absolute Gasteiger partial charge is 0.491 e. The van der Waals surface area contributed by atoms with Gasteiger partial charge < -0.3 is 19.9 Å². The molecule has 0 aliphatic rings. The minimum Gasteiger partial charge on any atom is -0.491 e. The first kappa shape index (κ1) is 22.3. The molecule has 3 amide bonds. The van der Waals surface area contributed by atoms with Gasteiger partial charge in [0.15, 0.2) is 0 Å². The Bertz CT molecular complexity index is 801. The second-order valence-electron chi connectivity index (χ2n) is 6.87. The van der Waals surface area contributed by atoms with Crippen molar-refractivity contribution >= 4 is 11.9 Å². The second-order valence-corrected chi connectivity index (χ2v) is 6.87. The van der Waals surface area contributed by atoms with Gasteiger partial charge in [0.05, 0.1) is 6.54 Å². The zero-order valence-corrected chi connectivity index (χ0v) is 17.8. The minimum absolute atomic E-state index is 0.0268. The molecule has 156 valence electrons. The Hall–Kier alpha value is -3.02. The van der Waals surface area contributed by atoms with Crippen LogP contribution in [0.1, 0.15) is 35.3 Å². The molecule has 0 bridgehead atoms. The van der Waals surface area contributed by atoms with Gasteiger partial charge in [-0.2, -0.15) is 0 Å². The molecule has 29 heavy (non-hydrogen) atoms. The Kier molecular flexibility index (Phi) is 8.52. The Morgan fingerprint density at radius 1 is 1.00 bits per heavy atom. The van der Waals surface area contributed by atoms with E-state index in [0.717, 1.165) is 16.9 Å². The second kappa shape index (κ2) is 11.1. The maximum absolute atomic E-state index is 12.3. The number of para-hydroxylation sites is 1. The predicted octanol–water partition coefficient (Wildman–Crippen LogP) is 3.70. The molecule has 0 unspecified atom stereocenters. The topological polar surface area (TPSA) is 61.9 Å². The molecule has 2 rings (SSSR count). The lowest BCUT2D eigenvalue weighted by molar-refractivity contribution is 0.0773. The number of ether oxygens (including phenoxy) is 1. The highest BCUT2D eigenvalue weighted by Gasteiger charge is 2.12. The van der Waals surface area contributed by atoms with Gasteiger partial charge in [0.25, 0.3) is 5.91 Å². The van der Waals surface area contributed by atoms with Gasteiger partial charge in [0.2, 0.25) is 0 Å². The van der Waals surface area contributed by atoms with Crippen LogP contribution in [0.3, 0.4) is 0 Å². The van der Waals surface area contributed by atoms with E-state index in [2.05, 4.69) is 5.32 Å². The number of hydrogen-bond donors (Lipinski definition) is 1. The van der Waals surface area contributed by atoms with Gasteiger partial charge in [-0.3, -0.25) is 4.79 Å². The first-order valence-electron chi connectivity index (χ1n) is 10.0. The predicted molar refractivity (Wildman–Crippen MR) is 115 cm³/mol.